The van der Waals surface area contributed by atoms with Gasteiger partial charge < -0.3 is 0 Å². The van der Waals surface area contributed by atoms with E-state index in [0.717, 1.165) is 24.3 Å². The lowest BCUT2D eigenvalue weighted by atomic mass is 10.0. The van der Waals surface area contributed by atoms with Crippen molar-refractivity contribution in [2.45, 2.75) is 32.6 Å². The summed E-state index contributed by atoms with van der Waals surface area (Å²) in [5, 5.41) is 12.9. The van der Waals surface area contributed by atoms with E-state index < -0.39 is 0 Å². The first-order chi connectivity index (χ1) is 7.26. The van der Waals surface area contributed by atoms with Crippen LogP contribution >= 0.6 is 11.6 Å². The van der Waals surface area contributed by atoms with Gasteiger partial charge in [0.25, 0.3) is 0 Å². The normalized spacial score (nSPS) is 11.5. The van der Waals surface area contributed by atoms with E-state index in [1.165, 1.54) is 0 Å². The van der Waals surface area contributed by atoms with Gasteiger partial charge in [-0.1, -0.05) is 25.4 Å². The fourth-order valence-corrected chi connectivity index (χ4v) is 1.83. The number of aromatic nitrogens is 4. The second-order valence-corrected chi connectivity index (χ2v) is 3.88. The third kappa shape index (κ3) is 1.81. The van der Waals surface area contributed by atoms with E-state index in [-0.39, 0.29) is 0 Å². The summed E-state index contributed by atoms with van der Waals surface area (Å²) in [7, 11) is 0. The molecule has 0 saturated carbocycles. The molecule has 0 fully saturated rings. The van der Waals surface area contributed by atoms with Crippen molar-refractivity contribution >= 4 is 17.2 Å². The van der Waals surface area contributed by atoms with Gasteiger partial charge in [0, 0.05) is 5.92 Å². The number of nitrogens with zero attached hydrogens (tertiary/aromatic N) is 4. The Kier molecular flexibility index (Phi) is 2.86. The van der Waals surface area contributed by atoms with Gasteiger partial charge in [-0.3, -0.25) is 0 Å². The topological polar surface area (TPSA) is 43.1 Å². The summed E-state index contributed by atoms with van der Waals surface area (Å²) >= 11 is 5.85. The first kappa shape index (κ1) is 10.4. The van der Waals surface area contributed by atoms with Gasteiger partial charge in [-0.2, -0.15) is 9.61 Å². The SMILES string of the molecule is CCC(CC)c1nnc2ccc(Cl)nn12. The molecule has 0 unspecified atom stereocenters. The standard InChI is InChI=1S/C10H13ClN4/c1-3-7(4-2)10-13-12-9-6-5-8(11)14-15(9)10/h5-7H,3-4H2,1-2H3. The van der Waals surface area contributed by atoms with Crippen LogP contribution in [-0.2, 0) is 0 Å². The van der Waals surface area contributed by atoms with Crippen LogP contribution in [0.5, 0.6) is 0 Å². The molecule has 0 aliphatic carbocycles. The molecule has 0 aliphatic rings. The van der Waals surface area contributed by atoms with Crippen LogP contribution < -0.4 is 0 Å². The van der Waals surface area contributed by atoms with Crippen molar-refractivity contribution in [3.63, 3.8) is 0 Å². The summed E-state index contributed by atoms with van der Waals surface area (Å²) in [4.78, 5) is 0. The monoisotopic (exact) mass is 224 g/mol. The van der Waals surface area contributed by atoms with Crippen molar-refractivity contribution < 1.29 is 0 Å². The quantitative estimate of drug-likeness (QED) is 0.805. The second-order valence-electron chi connectivity index (χ2n) is 3.50. The minimum atomic E-state index is 0.394. The van der Waals surface area contributed by atoms with E-state index >= 15 is 0 Å². The van der Waals surface area contributed by atoms with Crippen LogP contribution in [0.2, 0.25) is 5.15 Å². The third-order valence-corrected chi connectivity index (χ3v) is 2.81. The van der Waals surface area contributed by atoms with Gasteiger partial charge >= 0.3 is 0 Å². The molecular formula is C10H13ClN4. The molecule has 0 saturated heterocycles. The van der Waals surface area contributed by atoms with Crippen molar-refractivity contribution in [2.24, 2.45) is 0 Å². The first-order valence-electron chi connectivity index (χ1n) is 5.14. The molecule has 0 aliphatic heterocycles. The summed E-state index contributed by atoms with van der Waals surface area (Å²) in [6.07, 6.45) is 2.07. The zero-order valence-corrected chi connectivity index (χ0v) is 9.57. The van der Waals surface area contributed by atoms with Crippen LogP contribution in [0.1, 0.15) is 38.4 Å². The van der Waals surface area contributed by atoms with Crippen molar-refractivity contribution in [1.29, 1.82) is 0 Å². The van der Waals surface area contributed by atoms with Crippen LogP contribution in [0.3, 0.4) is 0 Å². The van der Waals surface area contributed by atoms with E-state index in [9.17, 15) is 0 Å². The molecule has 0 atom stereocenters. The van der Waals surface area contributed by atoms with Gasteiger partial charge in [-0.25, -0.2) is 0 Å². The highest BCUT2D eigenvalue weighted by atomic mass is 35.5. The van der Waals surface area contributed by atoms with Crippen molar-refractivity contribution in [3.05, 3.63) is 23.1 Å². The Bertz CT molecular complexity index is 461. The van der Waals surface area contributed by atoms with Crippen LogP contribution in [-0.4, -0.2) is 19.8 Å². The van der Waals surface area contributed by atoms with Crippen LogP contribution in [0, 0.1) is 0 Å². The molecule has 2 heterocycles. The number of hydrogen-bond donors (Lipinski definition) is 0. The minimum absolute atomic E-state index is 0.394. The van der Waals surface area contributed by atoms with E-state index in [1.807, 2.05) is 6.07 Å². The molecule has 4 nitrogen and oxygen atoms in total. The third-order valence-electron chi connectivity index (χ3n) is 2.61. The molecule has 0 amide bonds. The van der Waals surface area contributed by atoms with Crippen LogP contribution in [0.25, 0.3) is 5.65 Å². The highest BCUT2D eigenvalue weighted by Gasteiger charge is 2.15. The first-order valence-corrected chi connectivity index (χ1v) is 5.52. The average Bonchev–Trinajstić information content (AvgIpc) is 2.64. The lowest BCUT2D eigenvalue weighted by Crippen LogP contribution is -2.04. The Morgan fingerprint density at radius 2 is 2.00 bits per heavy atom. The van der Waals surface area contributed by atoms with Gasteiger partial charge in [-0.15, -0.1) is 10.2 Å². The van der Waals surface area contributed by atoms with Crippen molar-refractivity contribution in [1.82, 2.24) is 19.8 Å². The molecule has 80 valence electrons. The lowest BCUT2D eigenvalue weighted by molar-refractivity contribution is 0.582. The predicted molar refractivity (Wildman–Crippen MR) is 59.1 cm³/mol. The summed E-state index contributed by atoms with van der Waals surface area (Å²) in [5.74, 6) is 1.29. The van der Waals surface area contributed by atoms with E-state index in [2.05, 4.69) is 29.1 Å². The molecule has 0 spiro atoms. The highest BCUT2D eigenvalue weighted by molar-refractivity contribution is 6.29. The number of halogens is 1. The maximum atomic E-state index is 5.85. The molecular weight excluding hydrogens is 212 g/mol. The zero-order valence-electron chi connectivity index (χ0n) is 8.81. The zero-order chi connectivity index (χ0) is 10.8. The van der Waals surface area contributed by atoms with Gasteiger partial charge in [0.2, 0.25) is 0 Å². The van der Waals surface area contributed by atoms with Gasteiger partial charge in [-0.05, 0) is 25.0 Å². The Morgan fingerprint density at radius 1 is 1.27 bits per heavy atom. The number of fused-ring (bicyclic) bond motifs is 1. The molecule has 2 aromatic heterocycles. The molecule has 0 aromatic carbocycles. The predicted octanol–water partition coefficient (Wildman–Crippen LogP) is 2.68. The Hall–Kier alpha value is -1.16. The Labute approximate surface area is 93.3 Å². The van der Waals surface area contributed by atoms with Crippen molar-refractivity contribution in [2.75, 3.05) is 0 Å². The summed E-state index contributed by atoms with van der Waals surface area (Å²) in [6.45, 7) is 4.28. The minimum Gasteiger partial charge on any atom is -0.196 e. The van der Waals surface area contributed by atoms with Gasteiger partial charge in [0.05, 0.1) is 0 Å². The smallest absolute Gasteiger partial charge is 0.178 e. The molecule has 2 aromatic rings. The number of hydrogen-bond acceptors (Lipinski definition) is 3. The van der Waals surface area contributed by atoms with Crippen molar-refractivity contribution in [3.8, 4) is 0 Å². The molecule has 0 radical (unpaired) electrons. The summed E-state index contributed by atoms with van der Waals surface area (Å²) < 4.78 is 1.74. The lowest BCUT2D eigenvalue weighted by Gasteiger charge is -2.08. The molecule has 0 N–H and O–H groups in total. The van der Waals surface area contributed by atoms with E-state index in [0.29, 0.717) is 11.1 Å². The van der Waals surface area contributed by atoms with Gasteiger partial charge in [0.1, 0.15) is 5.15 Å². The summed E-state index contributed by atoms with van der Waals surface area (Å²) in [5.41, 5.74) is 0.751. The highest BCUT2D eigenvalue weighted by Crippen LogP contribution is 2.21. The number of rotatable bonds is 3. The fraction of sp³-hybridized carbons (Fsp3) is 0.500. The van der Waals surface area contributed by atoms with E-state index in [4.69, 9.17) is 11.6 Å². The summed E-state index contributed by atoms with van der Waals surface area (Å²) in [6, 6.07) is 3.55. The molecule has 0 bridgehead atoms. The maximum Gasteiger partial charge on any atom is 0.178 e. The van der Waals surface area contributed by atoms with Crippen LogP contribution in [0.4, 0.5) is 0 Å². The average molecular weight is 225 g/mol. The fourth-order valence-electron chi connectivity index (χ4n) is 1.69. The second kappa shape index (κ2) is 4.14. The van der Waals surface area contributed by atoms with Gasteiger partial charge in [0.15, 0.2) is 11.5 Å². The molecule has 15 heavy (non-hydrogen) atoms. The maximum absolute atomic E-state index is 5.85. The van der Waals surface area contributed by atoms with Crippen LogP contribution in [0.15, 0.2) is 12.1 Å². The molecule has 5 heteroatoms. The van der Waals surface area contributed by atoms with E-state index in [1.54, 1.807) is 10.6 Å². The largest absolute Gasteiger partial charge is 0.196 e. The Morgan fingerprint density at radius 3 is 2.67 bits per heavy atom. The molecule has 2 rings (SSSR count). The Balaban J connectivity index is 2.55.